The third-order valence-corrected chi connectivity index (χ3v) is 7.88. The van der Waals surface area contributed by atoms with Crippen molar-refractivity contribution >= 4 is 41.0 Å². The highest BCUT2D eigenvalue weighted by Gasteiger charge is 2.35. The van der Waals surface area contributed by atoms with E-state index < -0.39 is 5.60 Å². The fourth-order valence-corrected chi connectivity index (χ4v) is 5.72. The number of likely N-dealkylation sites (tertiary alicyclic amines) is 2. The molecule has 2 aliphatic rings. The number of rotatable bonds is 6. The van der Waals surface area contributed by atoms with E-state index in [1.165, 1.54) is 6.20 Å². The van der Waals surface area contributed by atoms with Crippen LogP contribution in [0.15, 0.2) is 24.4 Å². The Morgan fingerprint density at radius 1 is 1.12 bits per heavy atom. The SMILES string of the molecule is Cc1cc(Nc2nc(Nc3cc(C)c(C4CCN(C5CCN(C(=O)OC(C)(C)C)C5)CC4)cc3F)ncc2Cl)n[nH]1. The molecule has 0 spiro atoms. The molecule has 2 aromatic heterocycles. The van der Waals surface area contributed by atoms with Gasteiger partial charge in [0.2, 0.25) is 5.95 Å². The van der Waals surface area contributed by atoms with E-state index in [0.717, 1.165) is 55.7 Å². The number of piperidine rings is 1. The Morgan fingerprint density at radius 2 is 1.88 bits per heavy atom. The molecule has 2 aliphatic heterocycles. The quantitative estimate of drug-likeness (QED) is 0.310. The van der Waals surface area contributed by atoms with Gasteiger partial charge in [0.25, 0.3) is 0 Å². The van der Waals surface area contributed by atoms with Gasteiger partial charge in [-0.05, 0) is 96.1 Å². The minimum atomic E-state index is -0.493. The van der Waals surface area contributed by atoms with Crippen LogP contribution in [0, 0.1) is 19.7 Å². The molecule has 1 atom stereocenters. The third-order valence-electron chi connectivity index (χ3n) is 7.60. The van der Waals surface area contributed by atoms with E-state index in [-0.39, 0.29) is 23.8 Å². The number of aromatic amines is 1. The molecule has 1 aromatic carbocycles. The Labute approximate surface area is 245 Å². The Bertz CT molecular complexity index is 1400. The number of nitrogens with zero attached hydrogens (tertiary/aromatic N) is 5. The number of amides is 1. The molecule has 0 radical (unpaired) electrons. The van der Waals surface area contributed by atoms with Crippen LogP contribution in [0.1, 0.15) is 62.8 Å². The minimum absolute atomic E-state index is 0.223. The van der Waals surface area contributed by atoms with Crippen LogP contribution in [-0.4, -0.2) is 73.9 Å². The van der Waals surface area contributed by atoms with E-state index in [1.807, 2.05) is 51.7 Å². The van der Waals surface area contributed by atoms with E-state index >= 15 is 4.39 Å². The fourth-order valence-electron chi connectivity index (χ4n) is 5.58. The lowest BCUT2D eigenvalue weighted by Gasteiger charge is -2.36. The largest absolute Gasteiger partial charge is 0.444 e. The topological polar surface area (TPSA) is 111 Å². The van der Waals surface area contributed by atoms with Crippen molar-refractivity contribution in [2.75, 3.05) is 36.8 Å². The first-order chi connectivity index (χ1) is 19.4. The van der Waals surface area contributed by atoms with Gasteiger partial charge >= 0.3 is 6.09 Å². The molecule has 3 N–H and O–H groups in total. The fraction of sp³-hybridized carbons (Fsp3) is 0.517. The van der Waals surface area contributed by atoms with E-state index in [2.05, 4.69) is 35.7 Å². The van der Waals surface area contributed by atoms with Crippen LogP contribution in [0.3, 0.4) is 0 Å². The normalized spacial score (nSPS) is 18.5. The Hall–Kier alpha value is -3.44. The summed E-state index contributed by atoms with van der Waals surface area (Å²) in [6.07, 6.45) is 4.06. The maximum atomic E-state index is 15.3. The van der Waals surface area contributed by atoms with Crippen molar-refractivity contribution in [1.82, 2.24) is 30.0 Å². The van der Waals surface area contributed by atoms with Crippen LogP contribution >= 0.6 is 11.6 Å². The molecule has 5 rings (SSSR count). The van der Waals surface area contributed by atoms with Gasteiger partial charge in [0.05, 0.1) is 11.9 Å². The number of aromatic nitrogens is 4. The molecule has 1 unspecified atom stereocenters. The highest BCUT2D eigenvalue weighted by Crippen LogP contribution is 2.35. The zero-order valence-electron chi connectivity index (χ0n) is 24.2. The van der Waals surface area contributed by atoms with Gasteiger partial charge in [-0.25, -0.2) is 14.2 Å². The zero-order chi connectivity index (χ0) is 29.3. The average molecular weight is 585 g/mol. The second kappa shape index (κ2) is 11.8. The number of anilines is 4. The van der Waals surface area contributed by atoms with Gasteiger partial charge in [-0.1, -0.05) is 11.6 Å². The Morgan fingerprint density at radius 3 is 2.56 bits per heavy atom. The summed E-state index contributed by atoms with van der Waals surface area (Å²) in [6, 6.07) is 5.61. The lowest BCUT2D eigenvalue weighted by atomic mass is 9.86. The average Bonchev–Trinajstić information content (AvgIpc) is 3.57. The van der Waals surface area contributed by atoms with Crippen LogP contribution in [0.25, 0.3) is 0 Å². The summed E-state index contributed by atoms with van der Waals surface area (Å²) in [7, 11) is 0. The summed E-state index contributed by atoms with van der Waals surface area (Å²) >= 11 is 6.26. The number of carbonyl (C=O) groups excluding carboxylic acids is 1. The number of nitrogens with one attached hydrogen (secondary N) is 3. The van der Waals surface area contributed by atoms with E-state index in [9.17, 15) is 4.79 Å². The summed E-state index contributed by atoms with van der Waals surface area (Å²) in [5.41, 5.74) is 2.75. The molecule has 12 heteroatoms. The molecule has 10 nitrogen and oxygen atoms in total. The number of hydrogen-bond acceptors (Lipinski definition) is 8. The summed E-state index contributed by atoms with van der Waals surface area (Å²) in [5.74, 6) is 1.08. The second-order valence-electron chi connectivity index (χ2n) is 11.9. The van der Waals surface area contributed by atoms with E-state index in [4.69, 9.17) is 16.3 Å². The molecule has 2 saturated heterocycles. The van der Waals surface area contributed by atoms with Crippen LogP contribution in [0.5, 0.6) is 0 Å². The highest BCUT2D eigenvalue weighted by molar-refractivity contribution is 6.32. The first-order valence-corrected chi connectivity index (χ1v) is 14.4. The van der Waals surface area contributed by atoms with Crippen molar-refractivity contribution in [3.63, 3.8) is 0 Å². The lowest BCUT2D eigenvalue weighted by molar-refractivity contribution is 0.0276. The molecular formula is C29H38ClFN8O2. The molecule has 220 valence electrons. The smallest absolute Gasteiger partial charge is 0.410 e. The number of aryl methyl sites for hydroxylation is 2. The summed E-state index contributed by atoms with van der Waals surface area (Å²) in [4.78, 5) is 25.4. The predicted octanol–water partition coefficient (Wildman–Crippen LogP) is 6.29. The predicted molar refractivity (Wildman–Crippen MR) is 158 cm³/mol. The number of carbonyl (C=O) groups is 1. The molecule has 0 aliphatic carbocycles. The number of H-pyrrole nitrogens is 1. The summed E-state index contributed by atoms with van der Waals surface area (Å²) < 4.78 is 20.9. The van der Waals surface area contributed by atoms with Crippen molar-refractivity contribution in [2.45, 2.75) is 71.4 Å². The van der Waals surface area contributed by atoms with Crippen molar-refractivity contribution < 1.29 is 13.9 Å². The van der Waals surface area contributed by atoms with Gasteiger partial charge in [0.15, 0.2) is 11.6 Å². The molecule has 0 bridgehead atoms. The van der Waals surface area contributed by atoms with Crippen molar-refractivity contribution in [2.24, 2.45) is 0 Å². The maximum Gasteiger partial charge on any atom is 0.410 e. The van der Waals surface area contributed by atoms with Gasteiger partial charge in [-0.3, -0.25) is 10.00 Å². The van der Waals surface area contributed by atoms with Gasteiger partial charge < -0.3 is 20.3 Å². The standard InChI is InChI=1S/C29H38ClFN8O2/c1-17-12-24(33-27-32-15-22(30)26(35-27)34-25-13-18(2)36-37-25)23(31)14-21(17)19-6-9-38(10-7-19)20-8-11-39(16-20)28(40)41-29(3,4)5/h12-15,19-20H,6-11,16H2,1-5H3,(H3,32,33,34,35,36,37). The maximum absolute atomic E-state index is 15.3. The molecule has 0 saturated carbocycles. The van der Waals surface area contributed by atoms with E-state index in [0.29, 0.717) is 34.9 Å². The van der Waals surface area contributed by atoms with E-state index in [1.54, 1.807) is 6.07 Å². The van der Waals surface area contributed by atoms with Crippen molar-refractivity contribution in [3.8, 4) is 0 Å². The van der Waals surface area contributed by atoms with Gasteiger partial charge in [-0.2, -0.15) is 10.1 Å². The minimum Gasteiger partial charge on any atom is -0.444 e. The van der Waals surface area contributed by atoms with Crippen LogP contribution in [0.2, 0.25) is 5.02 Å². The molecule has 2 fully saturated rings. The van der Waals surface area contributed by atoms with Crippen molar-refractivity contribution in [1.29, 1.82) is 0 Å². The third kappa shape index (κ3) is 7.08. The summed E-state index contributed by atoms with van der Waals surface area (Å²) in [5, 5.41) is 13.4. The van der Waals surface area contributed by atoms with Crippen LogP contribution in [0.4, 0.5) is 32.5 Å². The second-order valence-corrected chi connectivity index (χ2v) is 12.4. The summed E-state index contributed by atoms with van der Waals surface area (Å²) in [6.45, 7) is 12.8. The number of halogens is 2. The first-order valence-electron chi connectivity index (χ1n) is 14.1. The van der Waals surface area contributed by atoms with Gasteiger partial charge in [0.1, 0.15) is 16.4 Å². The molecule has 3 aromatic rings. The number of hydrogen-bond donors (Lipinski definition) is 3. The van der Waals surface area contributed by atoms with Gasteiger partial charge in [-0.15, -0.1) is 0 Å². The number of benzene rings is 1. The first kappa shape index (κ1) is 29.1. The highest BCUT2D eigenvalue weighted by atomic mass is 35.5. The Balaban J connectivity index is 1.19. The van der Waals surface area contributed by atoms with Crippen LogP contribution in [-0.2, 0) is 4.74 Å². The molecule has 41 heavy (non-hydrogen) atoms. The Kier molecular flexibility index (Phi) is 8.37. The number of ether oxygens (including phenoxy) is 1. The zero-order valence-corrected chi connectivity index (χ0v) is 25.0. The molecule has 1 amide bonds. The van der Waals surface area contributed by atoms with Crippen molar-refractivity contribution in [3.05, 3.63) is 52.1 Å². The molecule has 4 heterocycles. The lowest BCUT2D eigenvalue weighted by Crippen LogP contribution is -2.43. The monoisotopic (exact) mass is 584 g/mol. The molecular weight excluding hydrogens is 547 g/mol. The van der Waals surface area contributed by atoms with Gasteiger partial charge in [0, 0.05) is 30.9 Å². The van der Waals surface area contributed by atoms with Crippen LogP contribution < -0.4 is 10.6 Å².